The number of amides is 1. The van der Waals surface area contributed by atoms with Crippen molar-refractivity contribution in [1.29, 1.82) is 5.26 Å². The zero-order chi connectivity index (χ0) is 22.4. The summed E-state index contributed by atoms with van der Waals surface area (Å²) in [6.45, 7) is 6.47. The van der Waals surface area contributed by atoms with Crippen LogP contribution in [0.5, 0.6) is 0 Å². The summed E-state index contributed by atoms with van der Waals surface area (Å²) in [4.78, 5) is 17.6. The lowest BCUT2D eigenvalue weighted by Gasteiger charge is -2.43. The van der Waals surface area contributed by atoms with Crippen LogP contribution in [0.25, 0.3) is 0 Å². The van der Waals surface area contributed by atoms with E-state index in [0.29, 0.717) is 6.67 Å². The standard InChI is InChI=1S/C27H34N4O/c1-2-3-17-31-22-29-25(32)27(31)15-19-30(20-16-27)18-14-26(21-28,23-10-6-4-7-11-23)24-12-8-5-9-13-24/h4-13H,2-3,14-20,22H2,1H3,(H,29,32). The summed E-state index contributed by atoms with van der Waals surface area (Å²) in [5, 5.41) is 13.5. The summed E-state index contributed by atoms with van der Waals surface area (Å²) in [6.07, 6.45) is 4.72. The largest absolute Gasteiger partial charge is 0.342 e. The molecule has 32 heavy (non-hydrogen) atoms. The lowest BCUT2D eigenvalue weighted by atomic mass is 9.73. The first-order valence-electron chi connectivity index (χ1n) is 11.9. The number of piperidine rings is 1. The lowest BCUT2D eigenvalue weighted by molar-refractivity contribution is -0.129. The van der Waals surface area contributed by atoms with Crippen molar-refractivity contribution in [1.82, 2.24) is 15.1 Å². The van der Waals surface area contributed by atoms with Crippen molar-refractivity contribution in [3.05, 3.63) is 71.8 Å². The second kappa shape index (κ2) is 9.85. The molecule has 0 atom stereocenters. The minimum Gasteiger partial charge on any atom is -0.342 e. The molecule has 2 fully saturated rings. The molecule has 0 radical (unpaired) electrons. The van der Waals surface area contributed by atoms with Crippen LogP contribution in [0.15, 0.2) is 60.7 Å². The van der Waals surface area contributed by atoms with Crippen LogP contribution in [-0.2, 0) is 10.2 Å². The summed E-state index contributed by atoms with van der Waals surface area (Å²) in [5.74, 6) is 0.202. The lowest BCUT2D eigenvalue weighted by Crippen LogP contribution is -2.56. The molecule has 0 bridgehead atoms. The van der Waals surface area contributed by atoms with E-state index in [1.807, 2.05) is 36.4 Å². The third kappa shape index (κ3) is 4.18. The van der Waals surface area contributed by atoms with Gasteiger partial charge in [-0.05, 0) is 36.8 Å². The van der Waals surface area contributed by atoms with Crippen molar-refractivity contribution in [2.75, 3.05) is 32.8 Å². The first-order chi connectivity index (χ1) is 15.6. The fourth-order valence-corrected chi connectivity index (χ4v) is 5.37. The molecule has 1 amide bonds. The zero-order valence-electron chi connectivity index (χ0n) is 19.1. The Morgan fingerprint density at radius 3 is 2.12 bits per heavy atom. The minimum absolute atomic E-state index is 0.202. The summed E-state index contributed by atoms with van der Waals surface area (Å²) in [6, 6.07) is 23.0. The zero-order valence-corrected chi connectivity index (χ0v) is 19.1. The number of benzene rings is 2. The summed E-state index contributed by atoms with van der Waals surface area (Å²) in [5.41, 5.74) is 1.08. The summed E-state index contributed by atoms with van der Waals surface area (Å²) < 4.78 is 0. The Labute approximate surface area is 192 Å². The topological polar surface area (TPSA) is 59.4 Å². The summed E-state index contributed by atoms with van der Waals surface area (Å²) in [7, 11) is 0. The van der Waals surface area contributed by atoms with Gasteiger partial charge in [0.1, 0.15) is 11.0 Å². The minimum atomic E-state index is -0.671. The van der Waals surface area contributed by atoms with E-state index in [9.17, 15) is 10.1 Å². The van der Waals surface area contributed by atoms with Crippen LogP contribution >= 0.6 is 0 Å². The molecule has 0 aromatic heterocycles. The highest BCUT2D eigenvalue weighted by Gasteiger charge is 2.49. The molecule has 1 spiro atoms. The van der Waals surface area contributed by atoms with Gasteiger partial charge in [0.2, 0.25) is 5.91 Å². The van der Waals surface area contributed by atoms with Crippen molar-refractivity contribution < 1.29 is 4.79 Å². The second-order valence-electron chi connectivity index (χ2n) is 9.15. The van der Waals surface area contributed by atoms with Gasteiger partial charge in [-0.1, -0.05) is 74.0 Å². The Bertz CT molecular complexity index is 890. The van der Waals surface area contributed by atoms with Gasteiger partial charge in [-0.3, -0.25) is 9.69 Å². The molecule has 2 aromatic rings. The van der Waals surface area contributed by atoms with Gasteiger partial charge in [-0.25, -0.2) is 0 Å². The number of likely N-dealkylation sites (tertiary alicyclic amines) is 1. The summed E-state index contributed by atoms with van der Waals surface area (Å²) >= 11 is 0. The number of nitriles is 1. The molecule has 2 aromatic carbocycles. The van der Waals surface area contributed by atoms with Gasteiger partial charge in [0, 0.05) is 26.2 Å². The predicted octanol–water partition coefficient (Wildman–Crippen LogP) is 3.91. The van der Waals surface area contributed by atoms with Gasteiger partial charge in [-0.2, -0.15) is 5.26 Å². The number of hydrogen-bond acceptors (Lipinski definition) is 4. The highest BCUT2D eigenvalue weighted by molar-refractivity contribution is 5.88. The maximum absolute atomic E-state index is 12.8. The first kappa shape index (κ1) is 22.5. The molecule has 168 valence electrons. The molecule has 0 saturated carbocycles. The van der Waals surface area contributed by atoms with Crippen molar-refractivity contribution in [3.8, 4) is 6.07 Å². The van der Waals surface area contributed by atoms with E-state index in [2.05, 4.69) is 52.4 Å². The van der Waals surface area contributed by atoms with Gasteiger partial charge >= 0.3 is 0 Å². The van der Waals surface area contributed by atoms with Crippen LogP contribution in [0.2, 0.25) is 0 Å². The average Bonchev–Trinajstić information content (AvgIpc) is 3.15. The monoisotopic (exact) mass is 430 g/mol. The van der Waals surface area contributed by atoms with Crippen molar-refractivity contribution in [2.24, 2.45) is 0 Å². The molecule has 2 heterocycles. The van der Waals surface area contributed by atoms with E-state index < -0.39 is 5.41 Å². The van der Waals surface area contributed by atoms with Gasteiger partial charge < -0.3 is 10.2 Å². The molecule has 1 N–H and O–H groups in total. The van der Waals surface area contributed by atoms with Crippen LogP contribution in [0.1, 0.15) is 50.2 Å². The number of rotatable bonds is 8. The Hall–Kier alpha value is -2.68. The van der Waals surface area contributed by atoms with Crippen molar-refractivity contribution in [2.45, 2.75) is 50.0 Å². The van der Waals surface area contributed by atoms with Gasteiger partial charge in [-0.15, -0.1) is 0 Å². The molecule has 2 aliphatic rings. The van der Waals surface area contributed by atoms with Crippen LogP contribution in [0.4, 0.5) is 0 Å². The number of carbonyl (C=O) groups excluding carboxylic acids is 1. The fourth-order valence-electron chi connectivity index (χ4n) is 5.37. The van der Waals surface area contributed by atoms with E-state index in [0.717, 1.165) is 69.4 Å². The SMILES string of the molecule is CCCCN1CNC(=O)C12CCN(CCC(C#N)(c1ccccc1)c1ccccc1)CC2. The maximum Gasteiger partial charge on any atom is 0.241 e. The first-order valence-corrected chi connectivity index (χ1v) is 11.9. The molecule has 2 saturated heterocycles. The molecule has 5 heteroatoms. The molecular weight excluding hydrogens is 396 g/mol. The molecule has 5 nitrogen and oxygen atoms in total. The van der Waals surface area contributed by atoms with Crippen LogP contribution in [-0.4, -0.2) is 54.1 Å². The Morgan fingerprint density at radius 2 is 1.59 bits per heavy atom. The number of carbonyl (C=O) groups is 1. The Kier molecular flexibility index (Phi) is 6.93. The quantitative estimate of drug-likeness (QED) is 0.690. The van der Waals surface area contributed by atoms with Gasteiger partial charge in [0.15, 0.2) is 0 Å². The van der Waals surface area contributed by atoms with Gasteiger partial charge in [0.25, 0.3) is 0 Å². The van der Waals surface area contributed by atoms with Crippen LogP contribution in [0, 0.1) is 11.3 Å². The molecule has 2 aliphatic heterocycles. The Balaban J connectivity index is 1.48. The number of nitrogens with one attached hydrogen (secondary N) is 1. The van der Waals surface area contributed by atoms with E-state index >= 15 is 0 Å². The third-order valence-electron chi connectivity index (χ3n) is 7.45. The predicted molar refractivity (Wildman–Crippen MR) is 127 cm³/mol. The fraction of sp³-hybridized carbons (Fsp3) is 0.481. The van der Waals surface area contributed by atoms with E-state index in [1.54, 1.807) is 0 Å². The molecule has 0 unspecified atom stereocenters. The van der Waals surface area contributed by atoms with Crippen LogP contribution in [0.3, 0.4) is 0 Å². The van der Waals surface area contributed by atoms with Crippen LogP contribution < -0.4 is 5.32 Å². The van der Waals surface area contributed by atoms with E-state index in [-0.39, 0.29) is 11.4 Å². The average molecular weight is 431 g/mol. The second-order valence-corrected chi connectivity index (χ2v) is 9.15. The highest BCUT2D eigenvalue weighted by atomic mass is 16.2. The van der Waals surface area contributed by atoms with E-state index in [1.165, 1.54) is 0 Å². The third-order valence-corrected chi connectivity index (χ3v) is 7.45. The highest BCUT2D eigenvalue weighted by Crippen LogP contribution is 2.37. The molecule has 4 rings (SSSR count). The number of nitrogens with zero attached hydrogens (tertiary/aromatic N) is 3. The van der Waals surface area contributed by atoms with Crippen molar-refractivity contribution in [3.63, 3.8) is 0 Å². The smallest absolute Gasteiger partial charge is 0.241 e. The van der Waals surface area contributed by atoms with Gasteiger partial charge in [0.05, 0.1) is 12.7 Å². The van der Waals surface area contributed by atoms with E-state index in [4.69, 9.17) is 0 Å². The number of unbranched alkanes of at least 4 members (excludes halogenated alkanes) is 1. The molecular formula is C27H34N4O. The Morgan fingerprint density at radius 1 is 1.00 bits per heavy atom. The maximum atomic E-state index is 12.8. The molecule has 0 aliphatic carbocycles. The number of hydrogen-bond donors (Lipinski definition) is 1. The van der Waals surface area contributed by atoms with Crippen molar-refractivity contribution >= 4 is 5.91 Å². The normalized spacial score (nSPS) is 19.1.